The van der Waals surface area contributed by atoms with E-state index in [4.69, 9.17) is 15.5 Å². The fraction of sp³-hybridized carbons (Fsp3) is 0.345. The van der Waals surface area contributed by atoms with Crippen LogP contribution in [0.25, 0.3) is 0 Å². The van der Waals surface area contributed by atoms with Crippen LogP contribution in [0.5, 0.6) is 5.75 Å². The minimum atomic E-state index is -0.532. The topological polar surface area (TPSA) is 117 Å². The van der Waals surface area contributed by atoms with E-state index in [0.29, 0.717) is 30.4 Å². The Morgan fingerprint density at radius 1 is 1.05 bits per heavy atom. The van der Waals surface area contributed by atoms with Gasteiger partial charge in [-0.2, -0.15) is 0 Å². The first-order valence-corrected chi connectivity index (χ1v) is 13.1. The van der Waals surface area contributed by atoms with Crippen molar-refractivity contribution in [3.63, 3.8) is 0 Å². The number of rotatable bonds is 6. The van der Waals surface area contributed by atoms with Crippen molar-refractivity contribution in [2.45, 2.75) is 27.3 Å². The number of nitrogens with two attached hydrogens (primary N) is 1. The molecular formula is C29H35N7O3. The molecule has 0 radical (unpaired) electrons. The molecule has 39 heavy (non-hydrogen) atoms. The molecule has 0 amide bonds. The van der Waals surface area contributed by atoms with Gasteiger partial charge in [-0.25, -0.2) is 9.98 Å². The Balaban J connectivity index is 0.00000172. The molecule has 2 aromatic carbocycles. The number of aliphatic imine (C=N–C) groups is 2. The number of anilines is 3. The van der Waals surface area contributed by atoms with Crippen LogP contribution in [0.3, 0.4) is 0 Å². The lowest BCUT2D eigenvalue weighted by Gasteiger charge is -2.36. The van der Waals surface area contributed by atoms with Gasteiger partial charge in [0.15, 0.2) is 17.4 Å². The summed E-state index contributed by atoms with van der Waals surface area (Å²) in [7, 11) is 3.18. The fourth-order valence-electron chi connectivity index (χ4n) is 4.84. The molecule has 3 aromatic rings. The maximum absolute atomic E-state index is 12.0. The van der Waals surface area contributed by atoms with Crippen molar-refractivity contribution in [2.75, 3.05) is 55.9 Å². The summed E-state index contributed by atoms with van der Waals surface area (Å²) in [5.74, 6) is 2.04. The molecular weight excluding hydrogens is 494 g/mol. The summed E-state index contributed by atoms with van der Waals surface area (Å²) in [6, 6.07) is 12.1. The number of hydrogen-bond donors (Lipinski definition) is 1. The molecule has 1 aromatic heterocycles. The molecule has 0 unspecified atom stereocenters. The molecule has 2 aliphatic rings. The molecule has 0 atom stereocenters. The molecule has 5 rings (SSSR count). The maximum atomic E-state index is 12.0. The summed E-state index contributed by atoms with van der Waals surface area (Å²) in [6.45, 7) is 9.62. The van der Waals surface area contributed by atoms with Crippen molar-refractivity contribution in [3.8, 4) is 5.75 Å². The van der Waals surface area contributed by atoms with Gasteiger partial charge in [-0.05, 0) is 36.8 Å². The van der Waals surface area contributed by atoms with E-state index >= 15 is 0 Å². The monoisotopic (exact) mass is 529 g/mol. The van der Waals surface area contributed by atoms with Gasteiger partial charge in [0.25, 0.3) is 10.9 Å². The lowest BCUT2D eigenvalue weighted by Crippen LogP contribution is -2.50. The zero-order chi connectivity index (χ0) is 28.1. The van der Waals surface area contributed by atoms with Crippen LogP contribution in [0, 0.1) is 0 Å². The average molecular weight is 530 g/mol. The SMILES string of the molecule is C/C=C1/N=C(c2cccnc2N)N(c2ccc(CN3CCN(c4c(OC)c(=O)c4=O)CC3)cc2)C1=NC.CC. The summed E-state index contributed by atoms with van der Waals surface area (Å²) in [5.41, 5.74) is 9.25. The maximum Gasteiger partial charge on any atom is 0.272 e. The highest BCUT2D eigenvalue weighted by molar-refractivity contribution is 6.34. The lowest BCUT2D eigenvalue weighted by molar-refractivity contribution is 0.248. The van der Waals surface area contributed by atoms with Crippen LogP contribution in [-0.2, 0) is 6.54 Å². The predicted molar refractivity (Wildman–Crippen MR) is 158 cm³/mol. The average Bonchev–Trinajstić information content (AvgIpc) is 3.36. The van der Waals surface area contributed by atoms with E-state index in [-0.39, 0.29) is 5.75 Å². The van der Waals surface area contributed by atoms with E-state index in [2.05, 4.69) is 39.1 Å². The second-order valence-corrected chi connectivity index (χ2v) is 8.90. The number of methoxy groups -OCH3 is 1. The first kappa shape index (κ1) is 27.7. The molecule has 0 aliphatic carbocycles. The third kappa shape index (κ3) is 5.20. The molecule has 0 saturated carbocycles. The minimum Gasteiger partial charge on any atom is -0.491 e. The number of benzene rings is 1. The lowest BCUT2D eigenvalue weighted by atomic mass is 10.1. The molecule has 1 fully saturated rings. The molecule has 204 valence electrons. The number of nitrogen functional groups attached to an aromatic ring is 1. The molecule has 3 heterocycles. The Labute approximate surface area is 228 Å². The molecule has 10 nitrogen and oxygen atoms in total. The fourth-order valence-corrected chi connectivity index (χ4v) is 4.84. The minimum absolute atomic E-state index is 0.183. The Kier molecular flexibility index (Phi) is 8.55. The van der Waals surface area contributed by atoms with E-state index in [9.17, 15) is 9.59 Å². The van der Waals surface area contributed by atoms with E-state index in [0.717, 1.165) is 42.4 Å². The zero-order valence-corrected chi connectivity index (χ0v) is 23.1. The molecule has 0 spiro atoms. The van der Waals surface area contributed by atoms with Crippen molar-refractivity contribution in [3.05, 3.63) is 85.9 Å². The third-order valence-electron chi connectivity index (χ3n) is 6.78. The van der Waals surface area contributed by atoms with Gasteiger partial charge in [-0.3, -0.25) is 24.4 Å². The summed E-state index contributed by atoms with van der Waals surface area (Å²) < 4.78 is 5.10. The van der Waals surface area contributed by atoms with Gasteiger partial charge in [0.05, 0.1) is 12.7 Å². The van der Waals surface area contributed by atoms with Crippen molar-refractivity contribution in [2.24, 2.45) is 9.98 Å². The number of amidine groups is 2. The van der Waals surface area contributed by atoms with Gasteiger partial charge in [0.1, 0.15) is 17.2 Å². The molecule has 0 bridgehead atoms. The second-order valence-electron chi connectivity index (χ2n) is 8.90. The van der Waals surface area contributed by atoms with Crippen LogP contribution in [0.15, 0.2) is 73.9 Å². The van der Waals surface area contributed by atoms with Crippen LogP contribution >= 0.6 is 0 Å². The smallest absolute Gasteiger partial charge is 0.272 e. The number of nitrogens with zero attached hydrogens (tertiary/aromatic N) is 6. The predicted octanol–water partition coefficient (Wildman–Crippen LogP) is 2.82. The van der Waals surface area contributed by atoms with Crippen LogP contribution in [0.2, 0.25) is 0 Å². The van der Waals surface area contributed by atoms with Crippen molar-refractivity contribution in [1.29, 1.82) is 0 Å². The number of aromatic nitrogens is 1. The Bertz CT molecular complexity index is 1480. The van der Waals surface area contributed by atoms with Gasteiger partial charge < -0.3 is 15.4 Å². The van der Waals surface area contributed by atoms with Gasteiger partial charge in [0.2, 0.25) is 0 Å². The van der Waals surface area contributed by atoms with Crippen molar-refractivity contribution in [1.82, 2.24) is 9.88 Å². The highest BCUT2D eigenvalue weighted by Crippen LogP contribution is 2.29. The largest absolute Gasteiger partial charge is 0.491 e. The number of allylic oxidation sites excluding steroid dienone is 1. The van der Waals surface area contributed by atoms with Crippen molar-refractivity contribution >= 4 is 28.9 Å². The number of pyridine rings is 1. The van der Waals surface area contributed by atoms with Gasteiger partial charge in [-0.15, -0.1) is 0 Å². The van der Waals surface area contributed by atoms with E-state index in [1.807, 2.05) is 48.8 Å². The van der Waals surface area contributed by atoms with Crippen LogP contribution < -0.4 is 31.1 Å². The van der Waals surface area contributed by atoms with Crippen LogP contribution in [-0.4, -0.2) is 61.9 Å². The summed E-state index contributed by atoms with van der Waals surface area (Å²) in [4.78, 5) is 43.5. The number of hydrogen-bond acceptors (Lipinski definition) is 9. The molecule has 10 heteroatoms. The van der Waals surface area contributed by atoms with Gasteiger partial charge in [-0.1, -0.05) is 32.1 Å². The van der Waals surface area contributed by atoms with E-state index in [1.165, 1.54) is 12.7 Å². The molecule has 2 N–H and O–H groups in total. The second kappa shape index (κ2) is 12.0. The highest BCUT2D eigenvalue weighted by Gasteiger charge is 2.32. The number of ether oxygens (including phenoxy) is 1. The molecule has 1 saturated heterocycles. The van der Waals surface area contributed by atoms with Crippen LogP contribution in [0.4, 0.5) is 17.2 Å². The Hall–Kier alpha value is -4.31. The quantitative estimate of drug-likeness (QED) is 0.485. The third-order valence-corrected chi connectivity index (χ3v) is 6.78. The van der Waals surface area contributed by atoms with Crippen molar-refractivity contribution < 1.29 is 4.74 Å². The highest BCUT2D eigenvalue weighted by atomic mass is 16.5. The van der Waals surface area contributed by atoms with E-state index in [1.54, 1.807) is 13.2 Å². The normalized spacial score (nSPS) is 17.9. The van der Waals surface area contributed by atoms with Gasteiger partial charge in [0, 0.05) is 51.7 Å². The van der Waals surface area contributed by atoms with Crippen LogP contribution in [0.1, 0.15) is 31.9 Å². The first-order chi connectivity index (χ1) is 19.0. The molecule has 2 aliphatic heterocycles. The van der Waals surface area contributed by atoms with E-state index < -0.39 is 10.9 Å². The standard InChI is InChI=1S/C27H29N7O3.C2H6/c1-4-20-27(29-2)34(26(31-20)19-6-5-11-30-25(19)28)18-9-7-17(8-10-18)16-32-12-14-33(15-13-32)21-22(35)23(36)24(21)37-3;1-2/h4-11H,12-16H2,1-3H3,(H2,28,30);1-2H3/b20-4+,29-27?;. The summed E-state index contributed by atoms with van der Waals surface area (Å²) in [5, 5.41) is 0. The Morgan fingerprint density at radius 2 is 1.74 bits per heavy atom. The zero-order valence-electron chi connectivity index (χ0n) is 23.1. The van der Waals surface area contributed by atoms with Gasteiger partial charge >= 0.3 is 0 Å². The first-order valence-electron chi connectivity index (χ1n) is 13.1. The summed E-state index contributed by atoms with van der Waals surface area (Å²) >= 11 is 0. The Morgan fingerprint density at radius 3 is 2.33 bits per heavy atom. The number of piperazine rings is 1. The summed E-state index contributed by atoms with van der Waals surface area (Å²) in [6.07, 6.45) is 3.59.